The van der Waals surface area contributed by atoms with Gasteiger partial charge < -0.3 is 0 Å². The second kappa shape index (κ2) is 2.41. The summed E-state index contributed by atoms with van der Waals surface area (Å²) in [6.07, 6.45) is 2.16. The molecule has 0 aliphatic carbocycles. The Kier molecular flexibility index (Phi) is 1.53. The zero-order chi connectivity index (χ0) is 7.84. The predicted molar refractivity (Wildman–Crippen MR) is 47.9 cm³/mol. The summed E-state index contributed by atoms with van der Waals surface area (Å²) in [5.74, 6) is 0. The quantitative estimate of drug-likeness (QED) is 0.581. The number of hydrogen-bond donors (Lipinski definition) is 0. The molecule has 0 amide bonds. The number of fused-ring (bicyclic) bond motifs is 1. The van der Waals surface area contributed by atoms with Crippen LogP contribution in [-0.2, 0) is 6.42 Å². The predicted octanol–water partition coefficient (Wildman–Crippen LogP) is 2.49. The summed E-state index contributed by atoms with van der Waals surface area (Å²) in [6.45, 7) is 4.12. The molecule has 1 aliphatic heterocycles. The molecule has 2 heterocycles. The molecule has 1 aromatic rings. The average molecular weight is 166 g/mol. The molecule has 0 atom stereocenters. The zero-order valence-electron chi connectivity index (χ0n) is 6.72. The molecule has 0 spiro atoms. The summed E-state index contributed by atoms with van der Waals surface area (Å²) in [5.41, 5.74) is 2.43. The molecular formula is C8H10N2S. The minimum atomic E-state index is 1.08. The number of aryl methyl sites for hydroxylation is 2. The van der Waals surface area contributed by atoms with Crippen LogP contribution in [-0.4, -0.2) is 10.7 Å². The van der Waals surface area contributed by atoms with E-state index in [4.69, 9.17) is 0 Å². The molecule has 0 unspecified atom stereocenters. The fourth-order valence-corrected chi connectivity index (χ4v) is 2.14. The maximum atomic E-state index is 4.44. The van der Waals surface area contributed by atoms with Crippen LogP contribution in [0.25, 0.3) is 0 Å². The van der Waals surface area contributed by atoms with Crippen molar-refractivity contribution in [2.24, 2.45) is 4.99 Å². The highest BCUT2D eigenvalue weighted by Crippen LogP contribution is 2.31. The van der Waals surface area contributed by atoms with E-state index in [0.29, 0.717) is 0 Å². The Balaban J connectivity index is 2.50. The highest BCUT2D eigenvalue weighted by Gasteiger charge is 2.12. The monoisotopic (exact) mass is 166 g/mol. The number of aromatic nitrogens is 1. The van der Waals surface area contributed by atoms with Gasteiger partial charge in [-0.3, -0.25) is 0 Å². The van der Waals surface area contributed by atoms with E-state index in [1.165, 1.54) is 11.4 Å². The van der Waals surface area contributed by atoms with Crippen molar-refractivity contribution in [1.29, 1.82) is 0 Å². The van der Waals surface area contributed by atoms with Crippen LogP contribution in [0.4, 0.5) is 5.00 Å². The molecule has 0 radical (unpaired) electrons. The van der Waals surface area contributed by atoms with Gasteiger partial charge in [0, 0.05) is 5.71 Å². The van der Waals surface area contributed by atoms with Gasteiger partial charge in [-0.2, -0.15) is 0 Å². The van der Waals surface area contributed by atoms with Gasteiger partial charge >= 0.3 is 0 Å². The molecule has 0 bridgehead atoms. The molecule has 0 saturated heterocycles. The lowest BCUT2D eigenvalue weighted by Crippen LogP contribution is -2.00. The zero-order valence-corrected chi connectivity index (χ0v) is 7.53. The Morgan fingerprint density at radius 1 is 1.27 bits per heavy atom. The smallest absolute Gasteiger partial charge is 0.139 e. The maximum Gasteiger partial charge on any atom is 0.139 e. The second-order valence-electron chi connectivity index (χ2n) is 2.83. The molecule has 0 N–H and O–H groups in total. The minimum absolute atomic E-state index is 1.08. The van der Waals surface area contributed by atoms with E-state index in [-0.39, 0.29) is 0 Å². The van der Waals surface area contributed by atoms with Gasteiger partial charge in [0.1, 0.15) is 5.00 Å². The van der Waals surface area contributed by atoms with Crippen molar-refractivity contribution in [2.45, 2.75) is 26.7 Å². The van der Waals surface area contributed by atoms with E-state index in [2.05, 4.69) is 16.9 Å². The maximum absolute atomic E-state index is 4.44. The molecule has 0 aromatic carbocycles. The van der Waals surface area contributed by atoms with E-state index in [9.17, 15) is 0 Å². The van der Waals surface area contributed by atoms with Crippen LogP contribution in [0.15, 0.2) is 4.99 Å². The highest BCUT2D eigenvalue weighted by molar-refractivity contribution is 7.15. The van der Waals surface area contributed by atoms with Crippen LogP contribution in [0, 0.1) is 6.92 Å². The third kappa shape index (κ3) is 1.20. The standard InChI is InChI=1S/C8H10N2S/c1-5-3-4-7-8(9-5)11-6(2)10-7/h3-4H2,1-2H3. The molecule has 1 aliphatic rings. The van der Waals surface area contributed by atoms with Crippen LogP contribution in [0.1, 0.15) is 24.0 Å². The van der Waals surface area contributed by atoms with Crippen molar-refractivity contribution < 1.29 is 0 Å². The van der Waals surface area contributed by atoms with Gasteiger partial charge in [-0.25, -0.2) is 9.98 Å². The summed E-state index contributed by atoms with van der Waals surface area (Å²) in [7, 11) is 0. The number of nitrogens with zero attached hydrogens (tertiary/aromatic N) is 2. The van der Waals surface area contributed by atoms with Gasteiger partial charge in [0.25, 0.3) is 0 Å². The fraction of sp³-hybridized carbons (Fsp3) is 0.500. The van der Waals surface area contributed by atoms with Crippen molar-refractivity contribution in [2.75, 3.05) is 0 Å². The fourth-order valence-electron chi connectivity index (χ4n) is 1.24. The summed E-state index contributed by atoms with van der Waals surface area (Å²) in [5, 5.41) is 2.26. The first-order valence-corrected chi connectivity index (χ1v) is 4.58. The summed E-state index contributed by atoms with van der Waals surface area (Å²) in [6, 6.07) is 0. The SMILES string of the molecule is CC1=Nc2sc(C)nc2CC1. The third-order valence-electron chi connectivity index (χ3n) is 1.80. The minimum Gasteiger partial charge on any atom is -0.245 e. The van der Waals surface area contributed by atoms with E-state index in [1.807, 2.05) is 6.92 Å². The lowest BCUT2D eigenvalue weighted by Gasteiger charge is -2.05. The van der Waals surface area contributed by atoms with Gasteiger partial charge in [0.05, 0.1) is 10.7 Å². The van der Waals surface area contributed by atoms with Crippen molar-refractivity contribution in [1.82, 2.24) is 4.98 Å². The highest BCUT2D eigenvalue weighted by atomic mass is 32.1. The molecule has 2 rings (SSSR count). The number of hydrogen-bond acceptors (Lipinski definition) is 3. The third-order valence-corrected chi connectivity index (χ3v) is 2.71. The molecule has 11 heavy (non-hydrogen) atoms. The van der Waals surface area contributed by atoms with Crippen molar-refractivity contribution in [3.05, 3.63) is 10.7 Å². The van der Waals surface area contributed by atoms with E-state index in [0.717, 1.165) is 22.9 Å². The average Bonchev–Trinajstić information content (AvgIpc) is 2.27. The first-order chi connectivity index (χ1) is 5.25. The normalized spacial score (nSPS) is 16.0. The first kappa shape index (κ1) is 6.98. The van der Waals surface area contributed by atoms with E-state index in [1.54, 1.807) is 11.3 Å². The van der Waals surface area contributed by atoms with Gasteiger partial charge in [0.15, 0.2) is 0 Å². The van der Waals surface area contributed by atoms with Crippen LogP contribution < -0.4 is 0 Å². The Hall–Kier alpha value is -0.700. The Bertz CT molecular complexity index is 312. The van der Waals surface area contributed by atoms with Crippen LogP contribution in [0.2, 0.25) is 0 Å². The molecule has 0 saturated carbocycles. The summed E-state index contributed by atoms with van der Waals surface area (Å²) < 4.78 is 0. The first-order valence-electron chi connectivity index (χ1n) is 3.76. The van der Waals surface area contributed by atoms with Gasteiger partial charge in [-0.05, 0) is 26.7 Å². The van der Waals surface area contributed by atoms with Gasteiger partial charge in [0.2, 0.25) is 0 Å². The van der Waals surface area contributed by atoms with Crippen LogP contribution in [0.5, 0.6) is 0 Å². The van der Waals surface area contributed by atoms with Gasteiger partial charge in [-0.15, -0.1) is 0 Å². The number of rotatable bonds is 0. The number of aliphatic imine (C=N–C) groups is 1. The number of thiazole rings is 1. The molecule has 2 nitrogen and oxygen atoms in total. The molecular weight excluding hydrogens is 156 g/mol. The topological polar surface area (TPSA) is 25.2 Å². The molecule has 3 heteroatoms. The van der Waals surface area contributed by atoms with E-state index < -0.39 is 0 Å². The Morgan fingerprint density at radius 2 is 2.09 bits per heavy atom. The lowest BCUT2D eigenvalue weighted by molar-refractivity contribution is 0.953. The van der Waals surface area contributed by atoms with Gasteiger partial charge in [-0.1, -0.05) is 11.3 Å². The molecule has 0 fully saturated rings. The Morgan fingerprint density at radius 3 is 2.91 bits per heavy atom. The largest absolute Gasteiger partial charge is 0.245 e. The summed E-state index contributed by atoms with van der Waals surface area (Å²) >= 11 is 1.70. The Labute approximate surface area is 70.0 Å². The summed E-state index contributed by atoms with van der Waals surface area (Å²) in [4.78, 5) is 8.84. The van der Waals surface area contributed by atoms with Crippen molar-refractivity contribution >= 4 is 22.0 Å². The molecule has 58 valence electrons. The van der Waals surface area contributed by atoms with Crippen molar-refractivity contribution in [3.8, 4) is 0 Å². The van der Waals surface area contributed by atoms with Crippen LogP contribution >= 0.6 is 11.3 Å². The van der Waals surface area contributed by atoms with Crippen molar-refractivity contribution in [3.63, 3.8) is 0 Å². The lowest BCUT2D eigenvalue weighted by atomic mass is 10.1. The van der Waals surface area contributed by atoms with Crippen LogP contribution in [0.3, 0.4) is 0 Å². The second-order valence-corrected chi connectivity index (χ2v) is 4.01. The molecule has 1 aromatic heterocycles. The van der Waals surface area contributed by atoms with E-state index >= 15 is 0 Å².